The number of H-pyrrole nitrogens is 1. The molecule has 0 fully saturated rings. The largest absolute Gasteiger partial charge is 0.320 e. The molecule has 5 nitrogen and oxygen atoms in total. The van der Waals surface area contributed by atoms with E-state index in [0.29, 0.717) is 11.1 Å². The molecule has 0 saturated carbocycles. The van der Waals surface area contributed by atoms with Gasteiger partial charge in [-0.2, -0.15) is 0 Å². The van der Waals surface area contributed by atoms with Crippen molar-refractivity contribution in [3.05, 3.63) is 94.3 Å². The van der Waals surface area contributed by atoms with Crippen LogP contribution in [-0.4, -0.2) is 13.4 Å². The van der Waals surface area contributed by atoms with Gasteiger partial charge in [0.25, 0.3) is 15.6 Å². The highest BCUT2D eigenvalue weighted by atomic mass is 32.2. The molecule has 0 unspecified atom stereocenters. The average Bonchev–Trinajstić information content (AvgIpc) is 2.70. The average molecular weight is 404 g/mol. The highest BCUT2D eigenvalue weighted by Crippen LogP contribution is 2.33. The van der Waals surface area contributed by atoms with Gasteiger partial charge in [0.15, 0.2) is 0 Å². The molecule has 0 radical (unpaired) electrons. The van der Waals surface area contributed by atoms with Crippen LogP contribution in [0.15, 0.2) is 82.5 Å². The molecule has 0 amide bonds. The van der Waals surface area contributed by atoms with Gasteiger partial charge < -0.3 is 4.98 Å². The lowest BCUT2D eigenvalue weighted by Gasteiger charge is -2.15. The number of para-hydroxylation sites is 1. The lowest BCUT2D eigenvalue weighted by molar-refractivity contribution is 0.601. The van der Waals surface area contributed by atoms with Gasteiger partial charge in [-0.15, -0.1) is 0 Å². The van der Waals surface area contributed by atoms with Gasteiger partial charge in [-0.25, -0.2) is 8.42 Å². The summed E-state index contributed by atoms with van der Waals surface area (Å²) in [6.07, 6.45) is 0. The SMILES string of the molecule is Cc1ccc(-c2c(NS(=O)(=O)c3ccc(C)cc3)c(=O)[nH]c3ccccc23)cc1. The van der Waals surface area contributed by atoms with Crippen LogP contribution < -0.4 is 10.3 Å². The summed E-state index contributed by atoms with van der Waals surface area (Å²) in [4.78, 5) is 15.8. The van der Waals surface area contributed by atoms with Crippen molar-refractivity contribution in [2.45, 2.75) is 18.7 Å². The van der Waals surface area contributed by atoms with Crippen molar-refractivity contribution in [2.75, 3.05) is 4.72 Å². The molecule has 0 spiro atoms. The van der Waals surface area contributed by atoms with Crippen LogP contribution in [0.5, 0.6) is 0 Å². The zero-order chi connectivity index (χ0) is 20.6. The summed E-state index contributed by atoms with van der Waals surface area (Å²) >= 11 is 0. The Morgan fingerprint density at radius 3 is 2.03 bits per heavy atom. The van der Waals surface area contributed by atoms with Crippen molar-refractivity contribution in [3.8, 4) is 11.1 Å². The number of aryl methyl sites for hydroxylation is 2. The number of hydrogen-bond acceptors (Lipinski definition) is 3. The predicted octanol–water partition coefficient (Wildman–Crippen LogP) is 4.61. The fraction of sp³-hybridized carbons (Fsp3) is 0.0870. The van der Waals surface area contributed by atoms with E-state index in [1.54, 1.807) is 18.2 Å². The molecule has 0 atom stereocenters. The summed E-state index contributed by atoms with van der Waals surface area (Å²) < 4.78 is 28.5. The van der Waals surface area contributed by atoms with Crippen molar-refractivity contribution >= 4 is 26.6 Å². The maximum absolute atomic E-state index is 13.0. The van der Waals surface area contributed by atoms with Crippen molar-refractivity contribution in [1.82, 2.24) is 4.98 Å². The molecule has 1 heterocycles. The second-order valence-corrected chi connectivity index (χ2v) is 8.72. The van der Waals surface area contributed by atoms with Crippen LogP contribution in [0.3, 0.4) is 0 Å². The number of hydrogen-bond donors (Lipinski definition) is 2. The molecule has 0 aliphatic rings. The van der Waals surface area contributed by atoms with Gasteiger partial charge in [0.05, 0.1) is 4.90 Å². The van der Waals surface area contributed by atoms with Crippen molar-refractivity contribution in [2.24, 2.45) is 0 Å². The normalized spacial score (nSPS) is 11.5. The number of rotatable bonds is 4. The molecule has 0 bridgehead atoms. The number of sulfonamides is 1. The van der Waals surface area contributed by atoms with E-state index in [-0.39, 0.29) is 10.6 Å². The minimum Gasteiger partial charge on any atom is -0.320 e. The number of nitrogens with one attached hydrogen (secondary N) is 2. The molecule has 1 aromatic heterocycles. The molecular weight excluding hydrogens is 384 g/mol. The maximum Gasteiger partial charge on any atom is 0.273 e. The Kier molecular flexibility index (Phi) is 4.72. The van der Waals surface area contributed by atoms with Gasteiger partial charge in [0.1, 0.15) is 5.69 Å². The Labute approximate surface area is 169 Å². The van der Waals surface area contributed by atoms with Crippen LogP contribution in [0.4, 0.5) is 5.69 Å². The van der Waals surface area contributed by atoms with Crippen LogP contribution in [-0.2, 0) is 10.0 Å². The van der Waals surface area contributed by atoms with Crippen LogP contribution in [0, 0.1) is 13.8 Å². The van der Waals surface area contributed by atoms with E-state index in [2.05, 4.69) is 9.71 Å². The number of pyridine rings is 1. The smallest absolute Gasteiger partial charge is 0.273 e. The van der Waals surface area contributed by atoms with Gasteiger partial charge in [-0.05, 0) is 37.6 Å². The molecule has 146 valence electrons. The van der Waals surface area contributed by atoms with E-state index in [4.69, 9.17) is 0 Å². The van der Waals surface area contributed by atoms with Crippen molar-refractivity contribution in [3.63, 3.8) is 0 Å². The number of benzene rings is 3. The fourth-order valence-corrected chi connectivity index (χ4v) is 4.35. The van der Waals surface area contributed by atoms with Crippen LogP contribution in [0.2, 0.25) is 0 Å². The lowest BCUT2D eigenvalue weighted by Crippen LogP contribution is -2.21. The molecule has 2 N–H and O–H groups in total. The standard InChI is InChI=1S/C23H20N2O3S/c1-15-7-11-17(12-8-15)21-19-5-3-4-6-20(19)24-23(26)22(21)25-29(27,28)18-13-9-16(2)10-14-18/h3-14,25H,1-2H3,(H,24,26). The molecule has 6 heteroatoms. The summed E-state index contributed by atoms with van der Waals surface area (Å²) in [7, 11) is -3.93. The van der Waals surface area contributed by atoms with Gasteiger partial charge in [-0.1, -0.05) is 65.7 Å². The maximum atomic E-state index is 13.0. The summed E-state index contributed by atoms with van der Waals surface area (Å²) in [5.41, 5.74) is 3.51. The first kappa shape index (κ1) is 19.0. The van der Waals surface area contributed by atoms with Crippen molar-refractivity contribution in [1.29, 1.82) is 0 Å². The molecule has 3 aromatic carbocycles. The molecule has 29 heavy (non-hydrogen) atoms. The molecule has 4 rings (SSSR count). The first-order valence-corrected chi connectivity index (χ1v) is 10.6. The Morgan fingerprint density at radius 2 is 1.38 bits per heavy atom. The van der Waals surface area contributed by atoms with Gasteiger partial charge in [-0.3, -0.25) is 9.52 Å². The van der Waals surface area contributed by atoms with Crippen LogP contribution in [0.25, 0.3) is 22.0 Å². The molecule has 0 aliphatic heterocycles. The van der Waals surface area contributed by atoms with E-state index in [9.17, 15) is 13.2 Å². The quantitative estimate of drug-likeness (QED) is 0.521. The third-order valence-electron chi connectivity index (χ3n) is 4.83. The summed E-state index contributed by atoms with van der Waals surface area (Å²) in [5, 5.41) is 0.762. The highest BCUT2D eigenvalue weighted by Gasteiger charge is 2.21. The van der Waals surface area contributed by atoms with E-state index in [0.717, 1.165) is 22.1 Å². The molecule has 0 aliphatic carbocycles. The Bertz CT molecular complexity index is 1350. The third-order valence-corrected chi connectivity index (χ3v) is 6.20. The molecule has 0 saturated heterocycles. The first-order valence-electron chi connectivity index (χ1n) is 9.17. The highest BCUT2D eigenvalue weighted by molar-refractivity contribution is 7.92. The number of anilines is 1. The third kappa shape index (κ3) is 3.67. The second kappa shape index (κ2) is 7.22. The number of aromatic amines is 1. The zero-order valence-corrected chi connectivity index (χ0v) is 16.9. The topological polar surface area (TPSA) is 79.0 Å². The number of fused-ring (bicyclic) bond motifs is 1. The van der Waals surface area contributed by atoms with Gasteiger partial charge in [0.2, 0.25) is 0 Å². The predicted molar refractivity (Wildman–Crippen MR) is 117 cm³/mol. The molecule has 4 aromatic rings. The summed E-state index contributed by atoms with van der Waals surface area (Å²) in [5.74, 6) is 0. The van der Waals surface area contributed by atoms with E-state index in [1.165, 1.54) is 12.1 Å². The van der Waals surface area contributed by atoms with Gasteiger partial charge in [0, 0.05) is 16.5 Å². The molecular formula is C23H20N2O3S. The van der Waals surface area contributed by atoms with Crippen LogP contribution >= 0.6 is 0 Å². The van der Waals surface area contributed by atoms with E-state index >= 15 is 0 Å². The number of aromatic nitrogens is 1. The van der Waals surface area contributed by atoms with Gasteiger partial charge >= 0.3 is 0 Å². The summed E-state index contributed by atoms with van der Waals surface area (Å²) in [6, 6.07) is 21.5. The zero-order valence-electron chi connectivity index (χ0n) is 16.1. The Morgan fingerprint density at radius 1 is 0.793 bits per heavy atom. The fourth-order valence-electron chi connectivity index (χ4n) is 3.27. The van der Waals surface area contributed by atoms with Crippen molar-refractivity contribution < 1.29 is 8.42 Å². The minimum atomic E-state index is -3.93. The second-order valence-electron chi connectivity index (χ2n) is 7.03. The minimum absolute atomic E-state index is 0.00753. The first-order chi connectivity index (χ1) is 13.8. The summed E-state index contributed by atoms with van der Waals surface area (Å²) in [6.45, 7) is 3.86. The Balaban J connectivity index is 1.95. The lowest BCUT2D eigenvalue weighted by atomic mass is 9.99. The van der Waals surface area contributed by atoms with Crippen LogP contribution in [0.1, 0.15) is 11.1 Å². The van der Waals surface area contributed by atoms with E-state index < -0.39 is 15.6 Å². The van der Waals surface area contributed by atoms with E-state index in [1.807, 2.05) is 56.3 Å². The Hall–Kier alpha value is -3.38. The monoisotopic (exact) mass is 404 g/mol.